The maximum atomic E-state index is 14.3. The van der Waals surface area contributed by atoms with Gasteiger partial charge in [0, 0.05) is 74.1 Å². The van der Waals surface area contributed by atoms with Gasteiger partial charge in [-0.1, -0.05) is 78.2 Å². The van der Waals surface area contributed by atoms with Crippen LogP contribution in [-0.2, 0) is 25.5 Å². The first-order chi connectivity index (χ1) is 26.9. The summed E-state index contributed by atoms with van der Waals surface area (Å²) < 4.78 is 10.9. The first-order valence-corrected chi connectivity index (χ1v) is 20.6. The SMILES string of the molecule is C=Cc1c2[nH]c(c1C)/C=C1\N/C(=C3\c4[nH]c(c(C)c4C(=O)[C@@H]3C(=O)OC)/C=c3\[nH]/c(c(C)c3CC)=C\2)[C@@H](CCC(=O)OC/C=C/CCC[C@H](C)CCCC)[C@@H]1C. The summed E-state index contributed by atoms with van der Waals surface area (Å²) in [7, 11) is 1.32. The molecule has 8 bridgehead atoms. The first-order valence-electron chi connectivity index (χ1n) is 20.6. The van der Waals surface area contributed by atoms with Gasteiger partial charge in [0.05, 0.1) is 12.8 Å². The average Bonchev–Trinajstić information content (AvgIpc) is 3.92. The molecule has 4 atom stereocenters. The highest BCUT2D eigenvalue weighted by Gasteiger charge is 2.48. The minimum absolute atomic E-state index is 0.0812. The molecule has 2 aliphatic heterocycles. The van der Waals surface area contributed by atoms with Crippen molar-refractivity contribution in [3.05, 3.63) is 97.0 Å². The van der Waals surface area contributed by atoms with Crippen LogP contribution in [0.5, 0.6) is 0 Å². The van der Waals surface area contributed by atoms with Gasteiger partial charge in [-0.25, -0.2) is 0 Å². The highest BCUT2D eigenvalue weighted by Crippen LogP contribution is 2.48. The number of ketones is 1. The van der Waals surface area contributed by atoms with Crippen LogP contribution in [0.1, 0.15) is 140 Å². The Kier molecular flexibility index (Phi) is 12.6. The number of H-pyrrole nitrogens is 3. The molecular weight excluding hydrogens is 701 g/mol. The van der Waals surface area contributed by atoms with Crippen molar-refractivity contribution >= 4 is 47.6 Å². The standard InChI is InChI=1S/C47H60N4O5/c1-10-13-18-26(4)19-16-14-15-17-22-56-40(52)21-20-33-29(7)36-23-34-27(5)31(11-2)38(48-34)24-35-28(6)32(12-3)39(49-35)25-37-30(8)41-45(51-37)42(44(33)50-36)43(46(41)53)47(54)55-9/h11,15,17,23-26,29,33,43,48-51H,2,10,12-14,16,18-22H2,1,3-9H3/b17-15+,35-24-,36-23-,39-25-,44-42-/t26-,29+,33+,43-/m1/s1. The Morgan fingerprint density at radius 1 is 0.929 bits per heavy atom. The van der Waals surface area contributed by atoms with E-state index in [9.17, 15) is 14.4 Å². The third-order valence-electron chi connectivity index (χ3n) is 12.4. The van der Waals surface area contributed by atoms with Gasteiger partial charge in [-0.3, -0.25) is 14.4 Å². The quantitative estimate of drug-likeness (QED) is 0.0535. The van der Waals surface area contributed by atoms with E-state index in [0.717, 1.165) is 86.6 Å². The number of methoxy groups -OCH3 is 1. The fourth-order valence-electron chi connectivity index (χ4n) is 8.95. The number of rotatable bonds is 15. The maximum Gasteiger partial charge on any atom is 0.321 e. The molecule has 0 amide bonds. The summed E-state index contributed by atoms with van der Waals surface area (Å²) in [6.07, 6.45) is 20.8. The van der Waals surface area contributed by atoms with Crippen molar-refractivity contribution in [2.45, 2.75) is 106 Å². The van der Waals surface area contributed by atoms with Gasteiger partial charge in [0.1, 0.15) is 12.5 Å². The molecule has 0 radical (unpaired) electrons. The van der Waals surface area contributed by atoms with Crippen molar-refractivity contribution in [2.75, 3.05) is 13.7 Å². The third kappa shape index (κ3) is 7.82. The number of hydrogen-bond acceptors (Lipinski definition) is 6. The largest absolute Gasteiger partial charge is 0.468 e. The van der Waals surface area contributed by atoms with E-state index >= 15 is 0 Å². The molecule has 0 spiro atoms. The van der Waals surface area contributed by atoms with E-state index in [4.69, 9.17) is 9.47 Å². The van der Waals surface area contributed by atoms with Crippen LogP contribution in [0, 0.1) is 44.4 Å². The predicted molar refractivity (Wildman–Crippen MR) is 225 cm³/mol. The van der Waals surface area contributed by atoms with Crippen molar-refractivity contribution < 1.29 is 23.9 Å². The van der Waals surface area contributed by atoms with Crippen molar-refractivity contribution in [1.29, 1.82) is 0 Å². The summed E-state index contributed by atoms with van der Waals surface area (Å²) in [6, 6.07) is 0. The van der Waals surface area contributed by atoms with Crippen LogP contribution in [0.25, 0.3) is 29.9 Å². The number of fused-ring (bicyclic) bond motifs is 7. The summed E-state index contributed by atoms with van der Waals surface area (Å²) in [6.45, 7) is 19.3. The Hall–Kier alpha value is -5.05. The van der Waals surface area contributed by atoms with Gasteiger partial charge >= 0.3 is 11.9 Å². The predicted octanol–water partition coefficient (Wildman–Crippen LogP) is 8.24. The second-order valence-electron chi connectivity index (χ2n) is 15.9. The zero-order chi connectivity index (χ0) is 40.3. The highest BCUT2D eigenvalue weighted by molar-refractivity contribution is 6.24. The number of aromatic amines is 3. The molecule has 298 valence electrons. The van der Waals surface area contributed by atoms with E-state index in [1.807, 2.05) is 19.1 Å². The summed E-state index contributed by atoms with van der Waals surface area (Å²) in [5.41, 5.74) is 11.2. The molecule has 0 aromatic carbocycles. The summed E-state index contributed by atoms with van der Waals surface area (Å²) in [5, 5.41) is 5.64. The molecule has 1 saturated heterocycles. The molecule has 4 N–H and O–H groups in total. The van der Waals surface area contributed by atoms with E-state index in [0.29, 0.717) is 23.3 Å². The molecular formula is C47H60N4O5. The molecule has 6 rings (SSSR count). The number of unbranched alkanes of at least 4 members (excludes halogenated alkanes) is 2. The molecule has 0 saturated carbocycles. The molecule has 3 aromatic heterocycles. The number of aromatic nitrogens is 3. The molecule has 56 heavy (non-hydrogen) atoms. The summed E-state index contributed by atoms with van der Waals surface area (Å²) in [4.78, 5) is 51.9. The van der Waals surface area contributed by atoms with Crippen LogP contribution in [0.2, 0.25) is 0 Å². The second-order valence-corrected chi connectivity index (χ2v) is 15.9. The van der Waals surface area contributed by atoms with Crippen molar-refractivity contribution in [3.8, 4) is 0 Å². The lowest BCUT2D eigenvalue weighted by molar-refractivity contribution is -0.143. The van der Waals surface area contributed by atoms with Gasteiger partial charge in [0.25, 0.3) is 0 Å². The number of ether oxygens (including phenoxy) is 2. The molecule has 1 aliphatic carbocycles. The Morgan fingerprint density at radius 3 is 2.38 bits per heavy atom. The van der Waals surface area contributed by atoms with Gasteiger partial charge < -0.3 is 29.7 Å². The Morgan fingerprint density at radius 2 is 1.66 bits per heavy atom. The Balaban J connectivity index is 1.39. The Bertz CT molecular complexity index is 2240. The minimum atomic E-state index is -1.14. The molecule has 3 aromatic rings. The summed E-state index contributed by atoms with van der Waals surface area (Å²) >= 11 is 0. The zero-order valence-electron chi connectivity index (χ0n) is 34.6. The second kappa shape index (κ2) is 17.4. The van der Waals surface area contributed by atoms with E-state index in [2.05, 4.69) is 92.7 Å². The van der Waals surface area contributed by atoms with Crippen molar-refractivity contribution in [3.63, 3.8) is 0 Å². The van der Waals surface area contributed by atoms with Crippen LogP contribution in [0.3, 0.4) is 0 Å². The van der Waals surface area contributed by atoms with E-state index < -0.39 is 11.9 Å². The smallest absolute Gasteiger partial charge is 0.321 e. The fourth-order valence-corrected chi connectivity index (χ4v) is 8.95. The van der Waals surface area contributed by atoms with E-state index in [-0.39, 0.29) is 36.6 Å². The van der Waals surface area contributed by atoms with Crippen LogP contribution in [-0.4, -0.2) is 46.4 Å². The molecule has 9 nitrogen and oxygen atoms in total. The number of carbonyl (C=O) groups excluding carboxylic acids is 3. The van der Waals surface area contributed by atoms with E-state index in [1.54, 1.807) is 0 Å². The summed E-state index contributed by atoms with van der Waals surface area (Å²) in [5.74, 6) is -1.87. The third-order valence-corrected chi connectivity index (χ3v) is 12.4. The molecule has 5 heterocycles. The van der Waals surface area contributed by atoms with Crippen molar-refractivity contribution in [2.24, 2.45) is 23.7 Å². The number of Topliss-reactive ketones (excluding diaryl/α,β-unsaturated/α-hetero) is 1. The molecule has 1 fully saturated rings. The first kappa shape index (κ1) is 40.6. The molecule has 3 aliphatic rings. The average molecular weight is 761 g/mol. The van der Waals surface area contributed by atoms with Gasteiger partial charge in [-0.15, -0.1) is 0 Å². The number of esters is 2. The minimum Gasteiger partial charge on any atom is -0.468 e. The van der Waals surface area contributed by atoms with Gasteiger partial charge in [0.15, 0.2) is 5.78 Å². The van der Waals surface area contributed by atoms with Gasteiger partial charge in [-0.05, 0) is 92.9 Å². The van der Waals surface area contributed by atoms with Gasteiger partial charge in [-0.2, -0.15) is 0 Å². The topological polar surface area (TPSA) is 129 Å². The van der Waals surface area contributed by atoms with Crippen LogP contribution >= 0.6 is 0 Å². The van der Waals surface area contributed by atoms with Crippen molar-refractivity contribution in [1.82, 2.24) is 20.3 Å². The number of nitrogens with one attached hydrogen (secondary N) is 4. The van der Waals surface area contributed by atoms with Crippen LogP contribution < -0.4 is 16.0 Å². The Labute approximate surface area is 331 Å². The normalized spacial score (nSPS) is 22.5. The van der Waals surface area contributed by atoms with Crippen LogP contribution in [0.4, 0.5) is 0 Å². The lowest BCUT2D eigenvalue weighted by Gasteiger charge is -2.19. The number of hydrogen-bond donors (Lipinski definition) is 4. The number of allylic oxidation sites excluding steroid dienone is 3. The monoisotopic (exact) mass is 760 g/mol. The molecule has 9 heteroatoms. The van der Waals surface area contributed by atoms with Gasteiger partial charge in [0.2, 0.25) is 0 Å². The van der Waals surface area contributed by atoms with Crippen LogP contribution in [0.15, 0.2) is 30.1 Å². The number of carbonyl (C=O) groups is 3. The van der Waals surface area contributed by atoms with E-state index in [1.165, 1.54) is 38.4 Å². The zero-order valence-corrected chi connectivity index (χ0v) is 34.6. The lowest BCUT2D eigenvalue weighted by atomic mass is 9.85. The fraction of sp³-hybridized carbons (Fsp3) is 0.468. The highest BCUT2D eigenvalue weighted by atomic mass is 16.5. The lowest BCUT2D eigenvalue weighted by Crippen LogP contribution is -2.25. The molecule has 0 unspecified atom stereocenters. The maximum absolute atomic E-state index is 14.3.